The lowest BCUT2D eigenvalue weighted by atomic mass is 10.1. The summed E-state index contributed by atoms with van der Waals surface area (Å²) >= 11 is 0. The van der Waals surface area contributed by atoms with Gasteiger partial charge in [-0.15, -0.1) is 0 Å². The summed E-state index contributed by atoms with van der Waals surface area (Å²) in [5.74, 6) is 0.164. The molecule has 0 radical (unpaired) electrons. The molecule has 5 heteroatoms. The predicted octanol–water partition coefficient (Wildman–Crippen LogP) is 2.76. The molecule has 3 fully saturated rings. The van der Waals surface area contributed by atoms with E-state index in [0.29, 0.717) is 25.2 Å². The van der Waals surface area contributed by atoms with Crippen LogP contribution >= 0.6 is 0 Å². The van der Waals surface area contributed by atoms with Crippen molar-refractivity contribution in [3.05, 3.63) is 29.8 Å². The molecule has 2 saturated carbocycles. The quantitative estimate of drug-likeness (QED) is 0.929. The fourth-order valence-electron chi connectivity index (χ4n) is 3.82. The number of benzene rings is 1. The van der Waals surface area contributed by atoms with E-state index in [1.165, 1.54) is 12.8 Å². The molecule has 23 heavy (non-hydrogen) atoms. The van der Waals surface area contributed by atoms with Gasteiger partial charge in [0.15, 0.2) is 0 Å². The van der Waals surface area contributed by atoms with Crippen molar-refractivity contribution < 1.29 is 9.59 Å². The van der Waals surface area contributed by atoms with Crippen LogP contribution in [-0.4, -0.2) is 42.0 Å². The number of rotatable bonds is 4. The molecular weight excluding hydrogens is 290 g/mol. The van der Waals surface area contributed by atoms with Gasteiger partial charge in [0, 0.05) is 36.4 Å². The molecule has 1 aromatic carbocycles. The Balaban J connectivity index is 1.52. The van der Waals surface area contributed by atoms with Gasteiger partial charge in [0.1, 0.15) is 0 Å². The molecule has 1 N–H and O–H groups in total. The minimum absolute atomic E-state index is 0.0605. The molecular formula is C18H23N3O2. The molecule has 3 aliphatic rings. The Labute approximate surface area is 136 Å². The van der Waals surface area contributed by atoms with Crippen molar-refractivity contribution in [2.75, 3.05) is 18.0 Å². The van der Waals surface area contributed by atoms with Crippen LogP contribution in [0.25, 0.3) is 0 Å². The molecule has 0 aromatic heterocycles. The maximum Gasteiger partial charge on any atom is 0.321 e. The average Bonchev–Trinajstić information content (AvgIpc) is 3.07. The average molecular weight is 313 g/mol. The van der Waals surface area contributed by atoms with E-state index in [1.807, 2.05) is 24.3 Å². The minimum atomic E-state index is -0.0605. The van der Waals surface area contributed by atoms with Crippen molar-refractivity contribution in [2.24, 2.45) is 0 Å². The van der Waals surface area contributed by atoms with Crippen LogP contribution < -0.4 is 10.2 Å². The summed E-state index contributed by atoms with van der Waals surface area (Å²) in [5.41, 5.74) is 1.60. The first-order valence-corrected chi connectivity index (χ1v) is 8.72. The molecule has 4 rings (SSSR count). The highest BCUT2D eigenvalue weighted by Crippen LogP contribution is 2.35. The number of carbonyl (C=O) groups is 2. The largest absolute Gasteiger partial charge is 0.336 e. The number of anilines is 1. The highest BCUT2D eigenvalue weighted by molar-refractivity contribution is 5.97. The van der Waals surface area contributed by atoms with Gasteiger partial charge in [-0.05, 0) is 49.9 Å². The molecule has 0 spiro atoms. The molecule has 5 nitrogen and oxygen atoms in total. The number of nitrogens with one attached hydrogen (secondary N) is 1. The molecule has 1 saturated heterocycles. The molecule has 1 heterocycles. The number of hydrogen-bond acceptors (Lipinski definition) is 2. The van der Waals surface area contributed by atoms with Gasteiger partial charge in [0.25, 0.3) is 5.91 Å². The van der Waals surface area contributed by atoms with Crippen LogP contribution in [0.5, 0.6) is 0 Å². The van der Waals surface area contributed by atoms with Gasteiger partial charge in [0.2, 0.25) is 0 Å². The first kappa shape index (κ1) is 14.5. The third-order valence-corrected chi connectivity index (χ3v) is 5.18. The number of urea groups is 1. The van der Waals surface area contributed by atoms with E-state index in [2.05, 4.69) is 10.2 Å². The van der Waals surface area contributed by atoms with Crippen molar-refractivity contribution >= 4 is 17.6 Å². The summed E-state index contributed by atoms with van der Waals surface area (Å²) in [4.78, 5) is 28.5. The summed E-state index contributed by atoms with van der Waals surface area (Å²) < 4.78 is 0. The van der Waals surface area contributed by atoms with Crippen molar-refractivity contribution in [1.29, 1.82) is 0 Å². The van der Waals surface area contributed by atoms with Gasteiger partial charge in [-0.2, -0.15) is 0 Å². The van der Waals surface area contributed by atoms with Gasteiger partial charge < -0.3 is 10.2 Å². The summed E-state index contributed by atoms with van der Waals surface area (Å²) in [5, 5.41) is 2.80. The van der Waals surface area contributed by atoms with Crippen LogP contribution in [0.1, 0.15) is 48.9 Å². The number of carbonyl (C=O) groups excluding carboxylic acids is 2. The lowest BCUT2D eigenvalue weighted by Crippen LogP contribution is -2.40. The van der Waals surface area contributed by atoms with E-state index >= 15 is 0 Å². The van der Waals surface area contributed by atoms with Crippen molar-refractivity contribution in [3.8, 4) is 0 Å². The molecule has 2 aliphatic carbocycles. The standard InChI is InChI=1S/C18H23N3O2/c22-17(21(16-9-10-16)15-3-1-2-4-15)13-5-7-14(8-6-13)20-12-11-19-18(20)23/h5-8,15-16H,1-4,9-12H2,(H,19,23). The van der Waals surface area contributed by atoms with Gasteiger partial charge in [-0.1, -0.05) is 12.8 Å². The molecule has 3 amide bonds. The van der Waals surface area contributed by atoms with E-state index < -0.39 is 0 Å². The Bertz CT molecular complexity index is 603. The van der Waals surface area contributed by atoms with Crippen molar-refractivity contribution in [2.45, 2.75) is 50.6 Å². The Hall–Kier alpha value is -2.04. The lowest BCUT2D eigenvalue weighted by Gasteiger charge is -2.29. The van der Waals surface area contributed by atoms with Gasteiger partial charge in [-0.25, -0.2) is 4.79 Å². The van der Waals surface area contributed by atoms with Crippen LogP contribution in [-0.2, 0) is 0 Å². The highest BCUT2D eigenvalue weighted by Gasteiger charge is 2.38. The van der Waals surface area contributed by atoms with Gasteiger partial charge >= 0.3 is 6.03 Å². The van der Waals surface area contributed by atoms with Crippen LogP contribution in [0.15, 0.2) is 24.3 Å². The lowest BCUT2D eigenvalue weighted by molar-refractivity contribution is 0.0664. The molecule has 1 aromatic rings. The molecule has 0 atom stereocenters. The third-order valence-electron chi connectivity index (χ3n) is 5.18. The zero-order valence-corrected chi connectivity index (χ0v) is 13.3. The van der Waals surface area contributed by atoms with E-state index in [-0.39, 0.29) is 11.9 Å². The Morgan fingerprint density at radius 3 is 2.26 bits per heavy atom. The zero-order chi connectivity index (χ0) is 15.8. The van der Waals surface area contributed by atoms with Crippen molar-refractivity contribution in [1.82, 2.24) is 10.2 Å². The van der Waals surface area contributed by atoms with E-state index in [0.717, 1.165) is 36.9 Å². The fraction of sp³-hybridized carbons (Fsp3) is 0.556. The maximum absolute atomic E-state index is 12.9. The Morgan fingerprint density at radius 2 is 1.70 bits per heavy atom. The summed E-state index contributed by atoms with van der Waals surface area (Å²) in [7, 11) is 0. The number of amides is 3. The normalized spacial score (nSPS) is 21.6. The summed E-state index contributed by atoms with van der Waals surface area (Å²) in [6, 6.07) is 8.33. The van der Waals surface area contributed by atoms with Gasteiger partial charge in [0.05, 0.1) is 0 Å². The Kier molecular flexibility index (Phi) is 3.71. The van der Waals surface area contributed by atoms with E-state index in [9.17, 15) is 9.59 Å². The number of hydrogen-bond donors (Lipinski definition) is 1. The first-order chi connectivity index (χ1) is 11.2. The van der Waals surface area contributed by atoms with Crippen LogP contribution in [0.2, 0.25) is 0 Å². The maximum atomic E-state index is 12.9. The third kappa shape index (κ3) is 2.80. The summed E-state index contributed by atoms with van der Waals surface area (Å²) in [6.07, 6.45) is 7.07. The van der Waals surface area contributed by atoms with E-state index in [1.54, 1.807) is 4.90 Å². The smallest absolute Gasteiger partial charge is 0.321 e. The van der Waals surface area contributed by atoms with Crippen molar-refractivity contribution in [3.63, 3.8) is 0 Å². The minimum Gasteiger partial charge on any atom is -0.336 e. The van der Waals surface area contributed by atoms with Crippen LogP contribution in [0, 0.1) is 0 Å². The number of nitrogens with zero attached hydrogens (tertiary/aromatic N) is 2. The molecule has 1 aliphatic heterocycles. The molecule has 0 unspecified atom stereocenters. The highest BCUT2D eigenvalue weighted by atomic mass is 16.2. The predicted molar refractivity (Wildman–Crippen MR) is 88.6 cm³/mol. The SMILES string of the molecule is O=C1NCCN1c1ccc(C(=O)N(C2CCCC2)C2CC2)cc1. The second-order valence-electron chi connectivity index (χ2n) is 6.81. The molecule has 122 valence electrons. The topological polar surface area (TPSA) is 52.7 Å². The van der Waals surface area contributed by atoms with Gasteiger partial charge in [-0.3, -0.25) is 9.69 Å². The zero-order valence-electron chi connectivity index (χ0n) is 13.3. The van der Waals surface area contributed by atoms with E-state index in [4.69, 9.17) is 0 Å². The monoisotopic (exact) mass is 313 g/mol. The van der Waals surface area contributed by atoms with Crippen LogP contribution in [0.4, 0.5) is 10.5 Å². The second-order valence-corrected chi connectivity index (χ2v) is 6.81. The fourth-order valence-corrected chi connectivity index (χ4v) is 3.82. The second kappa shape index (κ2) is 5.87. The summed E-state index contributed by atoms with van der Waals surface area (Å²) in [6.45, 7) is 1.36. The Morgan fingerprint density at radius 1 is 1.04 bits per heavy atom. The first-order valence-electron chi connectivity index (χ1n) is 8.72. The van der Waals surface area contributed by atoms with Crippen LogP contribution in [0.3, 0.4) is 0 Å². The molecule has 0 bridgehead atoms.